The number of alkyl halides is 3. The maximum absolute atomic E-state index is 13.4. The number of fused-ring (bicyclic) bond motifs is 1. The first-order valence-corrected chi connectivity index (χ1v) is 12.1. The van der Waals surface area contributed by atoms with Crippen molar-refractivity contribution in [3.8, 4) is 0 Å². The lowest BCUT2D eigenvalue weighted by molar-refractivity contribution is -0.137. The van der Waals surface area contributed by atoms with E-state index in [1.54, 1.807) is 6.21 Å². The zero-order valence-electron chi connectivity index (χ0n) is 19.4. The Morgan fingerprint density at radius 3 is 2.50 bits per heavy atom. The summed E-state index contributed by atoms with van der Waals surface area (Å²) in [5.74, 6) is 0.0650. The number of nitrogens with zero attached hydrogens (tertiary/aromatic N) is 1. The molecule has 0 bridgehead atoms. The van der Waals surface area contributed by atoms with Gasteiger partial charge >= 0.3 is 6.18 Å². The molecule has 2 aromatic carbocycles. The molecule has 1 amide bonds. The molecule has 1 aliphatic carbocycles. The second-order valence-electron chi connectivity index (χ2n) is 9.69. The van der Waals surface area contributed by atoms with Crippen LogP contribution in [0.5, 0.6) is 0 Å². The molecule has 1 heterocycles. The molecule has 1 aromatic heterocycles. The van der Waals surface area contributed by atoms with E-state index in [1.807, 2.05) is 30.3 Å². The Hall–Kier alpha value is -2.93. The highest BCUT2D eigenvalue weighted by Gasteiger charge is 2.34. The summed E-state index contributed by atoms with van der Waals surface area (Å²) in [4.78, 5) is 19.1. The van der Waals surface area contributed by atoms with Crippen molar-refractivity contribution in [2.75, 3.05) is 5.32 Å². The van der Waals surface area contributed by atoms with Crippen LogP contribution in [0, 0.1) is 11.3 Å². The van der Waals surface area contributed by atoms with Gasteiger partial charge in [-0.2, -0.15) is 13.2 Å². The number of hydrogen-bond donors (Lipinski definition) is 1. The highest BCUT2D eigenvalue weighted by atomic mass is 32.1. The molecule has 1 atom stereocenters. The van der Waals surface area contributed by atoms with Gasteiger partial charge in [-0.1, -0.05) is 57.2 Å². The minimum absolute atomic E-state index is 0.112. The molecule has 0 fully saturated rings. The van der Waals surface area contributed by atoms with E-state index in [9.17, 15) is 18.0 Å². The van der Waals surface area contributed by atoms with Crippen molar-refractivity contribution in [3.63, 3.8) is 0 Å². The van der Waals surface area contributed by atoms with Crippen LogP contribution in [0.2, 0.25) is 0 Å². The number of benzene rings is 2. The van der Waals surface area contributed by atoms with Crippen molar-refractivity contribution < 1.29 is 18.0 Å². The van der Waals surface area contributed by atoms with Crippen LogP contribution in [-0.4, -0.2) is 12.1 Å². The number of carbonyl (C=O) groups excluding carboxylic acids is 1. The average molecular weight is 485 g/mol. The number of rotatable bonds is 4. The van der Waals surface area contributed by atoms with E-state index in [1.165, 1.54) is 23.5 Å². The highest BCUT2D eigenvalue weighted by molar-refractivity contribution is 7.16. The van der Waals surface area contributed by atoms with Crippen molar-refractivity contribution in [2.45, 2.75) is 46.2 Å². The summed E-state index contributed by atoms with van der Waals surface area (Å²) in [7, 11) is 0. The van der Waals surface area contributed by atoms with Crippen LogP contribution in [0.4, 0.5) is 23.9 Å². The van der Waals surface area contributed by atoms with E-state index in [2.05, 4.69) is 31.1 Å². The van der Waals surface area contributed by atoms with Gasteiger partial charge in [0.25, 0.3) is 5.91 Å². The minimum atomic E-state index is -4.48. The number of halogens is 3. The van der Waals surface area contributed by atoms with Gasteiger partial charge < -0.3 is 5.32 Å². The fraction of sp³-hybridized carbons (Fsp3) is 0.333. The molecule has 0 aliphatic heterocycles. The first-order valence-electron chi connectivity index (χ1n) is 11.2. The lowest BCUT2D eigenvalue weighted by Gasteiger charge is -2.33. The van der Waals surface area contributed by atoms with Crippen molar-refractivity contribution in [2.24, 2.45) is 16.3 Å². The van der Waals surface area contributed by atoms with Gasteiger partial charge in [0.1, 0.15) is 5.00 Å². The molecule has 178 valence electrons. The molecule has 1 N–H and O–H groups in total. The summed E-state index contributed by atoms with van der Waals surface area (Å²) in [6.45, 7) is 6.68. The predicted octanol–water partition coefficient (Wildman–Crippen LogP) is 7.92. The van der Waals surface area contributed by atoms with Gasteiger partial charge in [-0.05, 0) is 59.9 Å². The number of anilines is 1. The zero-order valence-corrected chi connectivity index (χ0v) is 20.2. The maximum Gasteiger partial charge on any atom is 0.416 e. The van der Waals surface area contributed by atoms with E-state index in [0.717, 1.165) is 47.4 Å². The molecular weight excluding hydrogens is 457 g/mol. The van der Waals surface area contributed by atoms with E-state index in [0.29, 0.717) is 16.5 Å². The van der Waals surface area contributed by atoms with Crippen molar-refractivity contribution in [3.05, 3.63) is 81.7 Å². The Balaban J connectivity index is 1.69. The molecule has 34 heavy (non-hydrogen) atoms. The third kappa shape index (κ3) is 5.41. The van der Waals surface area contributed by atoms with Crippen molar-refractivity contribution >= 4 is 34.1 Å². The SMILES string of the molecule is CC(C)(C)[C@H]1CCc2c(sc(N=Cc3ccccc3)c2C(=O)Nc2cccc(C(F)(F)F)c2)C1. The largest absolute Gasteiger partial charge is 0.416 e. The van der Waals surface area contributed by atoms with Crippen molar-refractivity contribution in [1.29, 1.82) is 0 Å². The van der Waals surface area contributed by atoms with Crippen LogP contribution in [0.3, 0.4) is 0 Å². The number of amides is 1. The Morgan fingerprint density at radius 2 is 1.82 bits per heavy atom. The van der Waals surface area contributed by atoms with Gasteiger partial charge in [0, 0.05) is 16.8 Å². The number of aliphatic imine (C=N–C) groups is 1. The fourth-order valence-electron chi connectivity index (χ4n) is 4.27. The van der Waals surface area contributed by atoms with Gasteiger partial charge in [-0.3, -0.25) is 4.79 Å². The lowest BCUT2D eigenvalue weighted by atomic mass is 9.72. The van der Waals surface area contributed by atoms with Crippen LogP contribution in [0.15, 0.2) is 59.6 Å². The first kappa shape index (κ1) is 24.2. The number of hydrogen-bond acceptors (Lipinski definition) is 3. The number of thiophene rings is 1. The van der Waals surface area contributed by atoms with Crippen LogP contribution in [0.1, 0.15) is 59.1 Å². The van der Waals surface area contributed by atoms with E-state index >= 15 is 0 Å². The van der Waals surface area contributed by atoms with E-state index in [4.69, 9.17) is 0 Å². The molecule has 4 rings (SSSR count). The number of carbonyl (C=O) groups is 1. The third-order valence-electron chi connectivity index (χ3n) is 6.28. The summed E-state index contributed by atoms with van der Waals surface area (Å²) in [6.07, 6.45) is -0.179. The summed E-state index contributed by atoms with van der Waals surface area (Å²) in [6, 6.07) is 14.3. The van der Waals surface area contributed by atoms with Crippen LogP contribution < -0.4 is 5.32 Å². The molecule has 0 saturated carbocycles. The number of nitrogens with one attached hydrogen (secondary N) is 1. The van der Waals surface area contributed by atoms with Gasteiger partial charge in [0.2, 0.25) is 0 Å². The van der Waals surface area contributed by atoms with Crippen LogP contribution in [0.25, 0.3) is 0 Å². The Bertz CT molecular complexity index is 1210. The Morgan fingerprint density at radius 1 is 1.09 bits per heavy atom. The monoisotopic (exact) mass is 484 g/mol. The molecule has 1 aliphatic rings. The summed E-state index contributed by atoms with van der Waals surface area (Å²) in [5, 5.41) is 3.27. The van der Waals surface area contributed by atoms with Crippen molar-refractivity contribution in [1.82, 2.24) is 0 Å². The average Bonchev–Trinajstić information content (AvgIpc) is 3.15. The summed E-state index contributed by atoms with van der Waals surface area (Å²) >= 11 is 1.51. The smallest absolute Gasteiger partial charge is 0.322 e. The molecule has 0 saturated heterocycles. The van der Waals surface area contributed by atoms with Gasteiger partial charge in [-0.25, -0.2) is 4.99 Å². The van der Waals surface area contributed by atoms with Crippen LogP contribution >= 0.6 is 11.3 Å². The second-order valence-corrected chi connectivity index (χ2v) is 10.8. The molecule has 7 heteroatoms. The normalized spacial score (nSPS) is 16.5. The van der Waals surface area contributed by atoms with Gasteiger partial charge in [0.05, 0.1) is 11.1 Å². The molecular formula is C27H27F3N2OS. The van der Waals surface area contributed by atoms with E-state index < -0.39 is 17.6 Å². The molecule has 0 radical (unpaired) electrons. The highest BCUT2D eigenvalue weighted by Crippen LogP contribution is 2.45. The standard InChI is InChI=1S/C27H27F3N2OS/c1-26(2,3)18-12-13-21-22(15-18)34-25(31-16-17-8-5-4-6-9-17)23(21)24(33)32-20-11-7-10-19(14-20)27(28,29)30/h4-11,14,16,18H,12-13,15H2,1-3H3,(H,32,33)/t18-/m0/s1. The zero-order chi connectivity index (χ0) is 24.5. The van der Waals surface area contributed by atoms with E-state index in [-0.39, 0.29) is 11.1 Å². The van der Waals surface area contributed by atoms with Crippen LogP contribution in [-0.2, 0) is 19.0 Å². The van der Waals surface area contributed by atoms with Gasteiger partial charge in [0.15, 0.2) is 0 Å². The Kier molecular flexibility index (Phi) is 6.67. The predicted molar refractivity (Wildman–Crippen MR) is 132 cm³/mol. The second kappa shape index (κ2) is 9.37. The fourth-order valence-corrected chi connectivity index (χ4v) is 5.54. The summed E-state index contributed by atoms with van der Waals surface area (Å²) in [5.41, 5.74) is 1.81. The van der Waals surface area contributed by atoms with Gasteiger partial charge in [-0.15, -0.1) is 11.3 Å². The third-order valence-corrected chi connectivity index (χ3v) is 7.44. The molecule has 3 nitrogen and oxygen atoms in total. The molecule has 0 spiro atoms. The molecule has 3 aromatic rings. The maximum atomic E-state index is 13.4. The summed E-state index contributed by atoms with van der Waals surface area (Å²) < 4.78 is 39.4. The Labute approximate surface area is 201 Å². The minimum Gasteiger partial charge on any atom is -0.322 e. The topological polar surface area (TPSA) is 41.5 Å². The lowest BCUT2D eigenvalue weighted by Crippen LogP contribution is -2.27. The quantitative estimate of drug-likeness (QED) is 0.376. The molecule has 0 unspecified atom stereocenters. The first-order chi connectivity index (χ1) is 16.0.